The number of carbonyl (C=O) groups is 2. The number of carbonyl (C=O) groups excluding carboxylic acids is 2. The van der Waals surface area contributed by atoms with Gasteiger partial charge in [0, 0.05) is 19.0 Å². The summed E-state index contributed by atoms with van der Waals surface area (Å²) < 4.78 is 1.74. The zero-order chi connectivity index (χ0) is 13.0. The fourth-order valence-corrected chi connectivity index (χ4v) is 2.35. The number of rotatable bonds is 4. The molecule has 0 aromatic carbocycles. The van der Waals surface area contributed by atoms with Crippen LogP contribution in [0.1, 0.15) is 43.0 Å². The second-order valence-electron chi connectivity index (χ2n) is 4.92. The maximum absolute atomic E-state index is 12.0. The minimum atomic E-state index is -0.0418. The third-order valence-corrected chi connectivity index (χ3v) is 3.22. The fraction of sp³-hybridized carbons (Fsp3) is 0.500. The summed E-state index contributed by atoms with van der Waals surface area (Å²) in [4.78, 5) is 23.1. The number of ketones is 1. The van der Waals surface area contributed by atoms with Crippen molar-refractivity contribution in [2.24, 2.45) is 0 Å². The number of aromatic nitrogens is 1. The van der Waals surface area contributed by atoms with Gasteiger partial charge in [-0.25, -0.2) is 0 Å². The SMILES string of the molecule is CC(=O)C[n+]1cccc(C(=O)NC2CCCC2)c1. The van der Waals surface area contributed by atoms with E-state index in [1.54, 1.807) is 29.1 Å². The van der Waals surface area contributed by atoms with Crippen LogP contribution in [-0.2, 0) is 11.3 Å². The molecule has 1 heterocycles. The number of hydrogen-bond donors (Lipinski definition) is 1. The first kappa shape index (κ1) is 12.7. The fourth-order valence-electron chi connectivity index (χ4n) is 2.35. The van der Waals surface area contributed by atoms with Gasteiger partial charge in [0.25, 0.3) is 5.91 Å². The van der Waals surface area contributed by atoms with Crippen molar-refractivity contribution in [1.82, 2.24) is 5.32 Å². The van der Waals surface area contributed by atoms with Crippen LogP contribution in [0.3, 0.4) is 0 Å². The summed E-state index contributed by atoms with van der Waals surface area (Å²) in [6, 6.07) is 3.90. The summed E-state index contributed by atoms with van der Waals surface area (Å²) in [5, 5.41) is 3.04. The van der Waals surface area contributed by atoms with Gasteiger partial charge in [-0.15, -0.1) is 0 Å². The highest BCUT2D eigenvalue weighted by Crippen LogP contribution is 2.17. The first-order valence-electron chi connectivity index (χ1n) is 6.44. The van der Waals surface area contributed by atoms with E-state index in [-0.39, 0.29) is 11.7 Å². The molecule has 1 aliphatic rings. The van der Waals surface area contributed by atoms with Crippen molar-refractivity contribution in [3.63, 3.8) is 0 Å². The lowest BCUT2D eigenvalue weighted by atomic mass is 10.2. The Labute approximate surface area is 107 Å². The van der Waals surface area contributed by atoms with E-state index in [0.717, 1.165) is 12.8 Å². The number of nitrogens with zero attached hydrogens (tertiary/aromatic N) is 1. The average molecular weight is 247 g/mol. The lowest BCUT2D eigenvalue weighted by Gasteiger charge is -2.10. The molecule has 18 heavy (non-hydrogen) atoms. The molecule has 1 aromatic heterocycles. The van der Waals surface area contributed by atoms with E-state index in [1.807, 2.05) is 0 Å². The lowest BCUT2D eigenvalue weighted by Crippen LogP contribution is -2.39. The van der Waals surface area contributed by atoms with Crippen LogP contribution in [0.25, 0.3) is 0 Å². The molecule has 0 spiro atoms. The van der Waals surface area contributed by atoms with E-state index in [2.05, 4.69) is 5.32 Å². The molecule has 1 fully saturated rings. The maximum Gasteiger partial charge on any atom is 0.257 e. The molecule has 1 aliphatic carbocycles. The van der Waals surface area contributed by atoms with Crippen LogP contribution in [0.15, 0.2) is 24.5 Å². The highest BCUT2D eigenvalue weighted by atomic mass is 16.1. The Morgan fingerprint density at radius 2 is 2.11 bits per heavy atom. The van der Waals surface area contributed by atoms with Gasteiger partial charge in [0.1, 0.15) is 5.56 Å². The van der Waals surface area contributed by atoms with Crippen LogP contribution >= 0.6 is 0 Å². The largest absolute Gasteiger partial charge is 0.349 e. The Bertz CT molecular complexity index is 451. The van der Waals surface area contributed by atoms with Gasteiger partial charge >= 0.3 is 0 Å². The molecule has 1 amide bonds. The highest BCUT2D eigenvalue weighted by Gasteiger charge is 2.19. The van der Waals surface area contributed by atoms with Crippen molar-refractivity contribution in [1.29, 1.82) is 0 Å². The number of Topliss-reactive ketones (excluding diaryl/α,β-unsaturated/α-hetero) is 1. The van der Waals surface area contributed by atoms with Crippen LogP contribution in [-0.4, -0.2) is 17.7 Å². The maximum atomic E-state index is 12.0. The summed E-state index contributed by atoms with van der Waals surface area (Å²) >= 11 is 0. The zero-order valence-electron chi connectivity index (χ0n) is 10.7. The third-order valence-electron chi connectivity index (χ3n) is 3.22. The second kappa shape index (κ2) is 5.76. The number of nitrogens with one attached hydrogen (secondary N) is 1. The molecule has 96 valence electrons. The minimum absolute atomic E-state index is 0.0418. The van der Waals surface area contributed by atoms with Crippen LogP contribution in [0.2, 0.25) is 0 Å². The molecule has 0 bridgehead atoms. The molecular formula is C14H19N2O2+. The second-order valence-corrected chi connectivity index (χ2v) is 4.92. The number of hydrogen-bond acceptors (Lipinski definition) is 2. The van der Waals surface area contributed by atoms with E-state index < -0.39 is 0 Å². The van der Waals surface area contributed by atoms with E-state index in [1.165, 1.54) is 19.8 Å². The van der Waals surface area contributed by atoms with Crippen molar-refractivity contribution in [3.05, 3.63) is 30.1 Å². The predicted octanol–water partition coefficient (Wildman–Crippen LogP) is 1.24. The van der Waals surface area contributed by atoms with Gasteiger partial charge in [-0.2, -0.15) is 4.57 Å². The molecule has 0 saturated heterocycles. The highest BCUT2D eigenvalue weighted by molar-refractivity contribution is 5.93. The molecule has 0 radical (unpaired) electrons. The van der Waals surface area contributed by atoms with Crippen molar-refractivity contribution in [3.8, 4) is 0 Å². The van der Waals surface area contributed by atoms with E-state index >= 15 is 0 Å². The summed E-state index contributed by atoms with van der Waals surface area (Å²) in [5.41, 5.74) is 0.616. The summed E-state index contributed by atoms with van der Waals surface area (Å²) in [7, 11) is 0. The molecule has 4 nitrogen and oxygen atoms in total. The lowest BCUT2D eigenvalue weighted by molar-refractivity contribution is -0.684. The molecule has 0 aliphatic heterocycles. The molecule has 0 unspecified atom stereocenters. The normalized spacial score (nSPS) is 15.6. The number of pyridine rings is 1. The first-order valence-corrected chi connectivity index (χ1v) is 6.44. The predicted molar refractivity (Wildman–Crippen MR) is 67.0 cm³/mol. The average Bonchev–Trinajstić information content (AvgIpc) is 2.81. The van der Waals surface area contributed by atoms with Crippen LogP contribution in [0.4, 0.5) is 0 Å². The molecule has 2 rings (SSSR count). The molecule has 1 N–H and O–H groups in total. The molecule has 1 saturated carbocycles. The van der Waals surface area contributed by atoms with Gasteiger partial charge in [0.2, 0.25) is 6.54 Å². The summed E-state index contributed by atoms with van der Waals surface area (Å²) in [5.74, 6) is 0.0353. The molecule has 4 heteroatoms. The Balaban J connectivity index is 2.02. The third kappa shape index (κ3) is 3.39. The van der Waals surface area contributed by atoms with Crippen LogP contribution in [0, 0.1) is 0 Å². The molecule has 1 aromatic rings. The van der Waals surface area contributed by atoms with E-state index in [9.17, 15) is 9.59 Å². The Morgan fingerprint density at radius 1 is 1.39 bits per heavy atom. The van der Waals surface area contributed by atoms with Crippen LogP contribution in [0.5, 0.6) is 0 Å². The Kier molecular flexibility index (Phi) is 4.07. The quantitative estimate of drug-likeness (QED) is 0.814. The first-order chi connectivity index (χ1) is 8.65. The number of amides is 1. The molecular weight excluding hydrogens is 228 g/mol. The van der Waals surface area contributed by atoms with Crippen molar-refractivity contribution >= 4 is 11.7 Å². The van der Waals surface area contributed by atoms with Crippen molar-refractivity contribution in [2.45, 2.75) is 45.2 Å². The summed E-state index contributed by atoms with van der Waals surface area (Å²) in [6.07, 6.45) is 8.08. The van der Waals surface area contributed by atoms with Gasteiger partial charge in [0.05, 0.1) is 0 Å². The molecule has 0 atom stereocenters. The van der Waals surface area contributed by atoms with Gasteiger partial charge in [-0.05, 0) is 18.9 Å². The monoisotopic (exact) mass is 247 g/mol. The summed E-state index contributed by atoms with van der Waals surface area (Å²) in [6.45, 7) is 1.85. The smallest absolute Gasteiger partial charge is 0.257 e. The Hall–Kier alpha value is -1.71. The van der Waals surface area contributed by atoms with Gasteiger partial charge in [-0.3, -0.25) is 9.59 Å². The van der Waals surface area contributed by atoms with Crippen molar-refractivity contribution < 1.29 is 14.2 Å². The van der Waals surface area contributed by atoms with Gasteiger partial charge in [0.15, 0.2) is 18.2 Å². The standard InChI is InChI=1S/C14H18N2O2/c1-11(17)9-16-8-4-5-12(10-16)14(18)15-13-6-2-3-7-13/h4-5,8,10,13H,2-3,6-7,9H2,1H3/p+1. The zero-order valence-corrected chi connectivity index (χ0v) is 10.7. The van der Waals surface area contributed by atoms with Gasteiger partial charge in [-0.1, -0.05) is 12.8 Å². The van der Waals surface area contributed by atoms with E-state index in [4.69, 9.17) is 0 Å². The van der Waals surface area contributed by atoms with Crippen LogP contribution < -0.4 is 9.88 Å². The Morgan fingerprint density at radius 3 is 2.78 bits per heavy atom. The minimum Gasteiger partial charge on any atom is -0.349 e. The van der Waals surface area contributed by atoms with Gasteiger partial charge < -0.3 is 5.32 Å². The van der Waals surface area contributed by atoms with Crippen molar-refractivity contribution in [2.75, 3.05) is 0 Å². The van der Waals surface area contributed by atoms with E-state index in [0.29, 0.717) is 18.2 Å². The topological polar surface area (TPSA) is 50.0 Å².